The molecule has 1 aromatic heterocycles. The molecule has 3 aromatic rings. The van der Waals surface area contributed by atoms with Crippen molar-refractivity contribution in [2.75, 3.05) is 10.0 Å². The first-order valence-corrected chi connectivity index (χ1v) is 10.1. The van der Waals surface area contributed by atoms with Crippen molar-refractivity contribution in [3.8, 4) is 0 Å². The molecule has 0 aliphatic rings. The maximum Gasteiger partial charge on any atom is 0.416 e. The van der Waals surface area contributed by atoms with E-state index < -0.39 is 27.7 Å². The smallest absolute Gasteiger partial charge is 0.320 e. The second kappa shape index (κ2) is 8.15. The highest BCUT2D eigenvalue weighted by molar-refractivity contribution is 7.92. The lowest BCUT2D eigenvalue weighted by atomic mass is 10.2. The Hall–Kier alpha value is -3.40. The third-order valence-corrected chi connectivity index (χ3v) is 5.55. The number of carbonyl (C=O) groups is 1. The number of alkyl halides is 3. The lowest BCUT2D eigenvalue weighted by Gasteiger charge is -2.12. The number of anilines is 2. The van der Waals surface area contributed by atoms with Crippen LogP contribution in [-0.4, -0.2) is 19.3 Å². The third-order valence-electron chi connectivity index (χ3n) is 4.16. The van der Waals surface area contributed by atoms with Crippen molar-refractivity contribution in [2.45, 2.75) is 18.0 Å². The number of hydrogen-bond donors (Lipinski definition) is 2. The van der Waals surface area contributed by atoms with E-state index in [4.69, 9.17) is 0 Å². The lowest BCUT2D eigenvalue weighted by molar-refractivity contribution is -0.137. The number of rotatable bonds is 5. The fourth-order valence-corrected chi connectivity index (χ4v) is 3.60. The number of aryl methyl sites for hydroxylation is 1. The van der Waals surface area contributed by atoms with Crippen molar-refractivity contribution in [3.05, 3.63) is 83.7 Å². The lowest BCUT2D eigenvalue weighted by Crippen LogP contribution is -2.15. The number of carbonyl (C=O) groups excluding carboxylic acids is 1. The maximum absolute atomic E-state index is 12.8. The van der Waals surface area contributed by atoms with Crippen molar-refractivity contribution in [1.82, 2.24) is 4.98 Å². The Balaban J connectivity index is 1.76. The summed E-state index contributed by atoms with van der Waals surface area (Å²) >= 11 is 0. The van der Waals surface area contributed by atoms with Crippen molar-refractivity contribution in [2.24, 2.45) is 0 Å². The normalized spacial score (nSPS) is 11.7. The number of aromatic nitrogens is 1. The Kier molecular flexibility index (Phi) is 5.79. The van der Waals surface area contributed by atoms with Gasteiger partial charge in [0.05, 0.1) is 22.3 Å². The second-order valence-electron chi connectivity index (χ2n) is 6.35. The number of halogens is 3. The molecule has 6 nitrogen and oxygen atoms in total. The van der Waals surface area contributed by atoms with E-state index >= 15 is 0 Å². The molecule has 0 spiro atoms. The molecule has 30 heavy (non-hydrogen) atoms. The van der Waals surface area contributed by atoms with E-state index in [-0.39, 0.29) is 16.1 Å². The largest absolute Gasteiger partial charge is 0.416 e. The second-order valence-corrected chi connectivity index (χ2v) is 8.04. The van der Waals surface area contributed by atoms with E-state index in [2.05, 4.69) is 15.0 Å². The minimum absolute atomic E-state index is 0.200. The third kappa shape index (κ3) is 4.95. The van der Waals surface area contributed by atoms with Crippen LogP contribution >= 0.6 is 0 Å². The van der Waals surface area contributed by atoms with Crippen LogP contribution in [0.15, 0.2) is 71.9 Å². The summed E-state index contributed by atoms with van der Waals surface area (Å²) in [7, 11) is -4.14. The molecule has 0 fully saturated rings. The van der Waals surface area contributed by atoms with Gasteiger partial charge < -0.3 is 5.32 Å². The van der Waals surface area contributed by atoms with Crippen LogP contribution in [0.5, 0.6) is 0 Å². The molecule has 0 bridgehead atoms. The average molecular weight is 435 g/mol. The Bertz CT molecular complexity index is 1180. The number of pyridine rings is 1. The van der Waals surface area contributed by atoms with Crippen molar-refractivity contribution < 1.29 is 26.4 Å². The standard InChI is InChI=1S/C20H16F3N3O3S/c1-13-9-10-24-12-18(13)25-19(27)14-5-7-17(8-6-14)30(28,29)26-16-4-2-3-15(11-16)20(21,22)23/h2-12,26H,1H3,(H,25,27). The fourth-order valence-electron chi connectivity index (χ4n) is 2.55. The summed E-state index contributed by atoms with van der Waals surface area (Å²) in [6.45, 7) is 1.80. The zero-order valence-corrected chi connectivity index (χ0v) is 16.4. The van der Waals surface area contributed by atoms with E-state index in [0.29, 0.717) is 11.8 Å². The van der Waals surface area contributed by atoms with Crippen LogP contribution in [0.2, 0.25) is 0 Å². The molecule has 0 unspecified atom stereocenters. The minimum Gasteiger partial charge on any atom is -0.320 e. The van der Waals surface area contributed by atoms with Crippen LogP contribution in [0.1, 0.15) is 21.5 Å². The van der Waals surface area contributed by atoms with Crippen molar-refractivity contribution >= 4 is 27.3 Å². The number of hydrogen-bond acceptors (Lipinski definition) is 4. The Morgan fingerprint density at radius 2 is 1.73 bits per heavy atom. The Labute approximate surface area is 170 Å². The maximum atomic E-state index is 12.8. The van der Waals surface area contributed by atoms with Gasteiger partial charge in [-0.2, -0.15) is 13.2 Å². The van der Waals surface area contributed by atoms with Gasteiger partial charge in [0, 0.05) is 17.4 Å². The van der Waals surface area contributed by atoms with Gasteiger partial charge in [-0.15, -0.1) is 0 Å². The molecule has 10 heteroatoms. The van der Waals surface area contributed by atoms with Crippen molar-refractivity contribution in [1.29, 1.82) is 0 Å². The predicted molar refractivity (Wildman–Crippen MR) is 106 cm³/mol. The first kappa shape index (κ1) is 21.3. The molecule has 0 radical (unpaired) electrons. The molecular weight excluding hydrogens is 419 g/mol. The zero-order chi connectivity index (χ0) is 21.9. The number of amides is 1. The molecule has 2 aromatic carbocycles. The molecule has 156 valence electrons. The van der Waals surface area contributed by atoms with E-state index in [9.17, 15) is 26.4 Å². The van der Waals surface area contributed by atoms with Crippen LogP contribution in [0.3, 0.4) is 0 Å². The van der Waals surface area contributed by atoms with Gasteiger partial charge in [-0.1, -0.05) is 6.07 Å². The van der Waals surface area contributed by atoms with E-state index in [1.54, 1.807) is 19.2 Å². The highest BCUT2D eigenvalue weighted by Crippen LogP contribution is 2.31. The quantitative estimate of drug-likeness (QED) is 0.619. The van der Waals surface area contributed by atoms with Crippen LogP contribution in [0, 0.1) is 6.92 Å². The summed E-state index contributed by atoms with van der Waals surface area (Å²) in [5, 5.41) is 2.67. The summed E-state index contributed by atoms with van der Waals surface area (Å²) in [5.41, 5.74) is 0.337. The first-order chi connectivity index (χ1) is 14.1. The Morgan fingerprint density at radius 1 is 1.03 bits per heavy atom. The van der Waals surface area contributed by atoms with Crippen LogP contribution in [-0.2, 0) is 16.2 Å². The van der Waals surface area contributed by atoms with E-state index in [1.807, 2.05) is 0 Å². The fraction of sp³-hybridized carbons (Fsp3) is 0.100. The monoisotopic (exact) mass is 435 g/mol. The van der Waals surface area contributed by atoms with Crippen LogP contribution in [0.25, 0.3) is 0 Å². The van der Waals surface area contributed by atoms with Crippen LogP contribution in [0.4, 0.5) is 24.5 Å². The molecular formula is C20H16F3N3O3S. The molecule has 0 aliphatic heterocycles. The highest BCUT2D eigenvalue weighted by Gasteiger charge is 2.30. The number of nitrogens with zero attached hydrogens (tertiary/aromatic N) is 1. The summed E-state index contributed by atoms with van der Waals surface area (Å²) in [4.78, 5) is 16.1. The summed E-state index contributed by atoms with van der Waals surface area (Å²) in [6, 6.07) is 10.6. The summed E-state index contributed by atoms with van der Waals surface area (Å²) < 4.78 is 65.5. The zero-order valence-electron chi connectivity index (χ0n) is 15.6. The van der Waals surface area contributed by atoms with Gasteiger partial charge in [-0.3, -0.25) is 14.5 Å². The number of sulfonamides is 1. The van der Waals surface area contributed by atoms with Gasteiger partial charge in [0.25, 0.3) is 15.9 Å². The molecule has 1 heterocycles. The van der Waals surface area contributed by atoms with Crippen LogP contribution < -0.4 is 10.0 Å². The molecule has 0 aliphatic carbocycles. The van der Waals surface area contributed by atoms with Gasteiger partial charge in [0.15, 0.2) is 0 Å². The minimum atomic E-state index is -4.59. The topological polar surface area (TPSA) is 88.2 Å². The van der Waals surface area contributed by atoms with Gasteiger partial charge in [-0.25, -0.2) is 8.42 Å². The summed E-state index contributed by atoms with van der Waals surface area (Å²) in [5.74, 6) is -0.458. The summed E-state index contributed by atoms with van der Waals surface area (Å²) in [6.07, 6.45) is -1.52. The van der Waals surface area contributed by atoms with Gasteiger partial charge in [-0.05, 0) is 61.0 Å². The highest BCUT2D eigenvalue weighted by atomic mass is 32.2. The molecule has 2 N–H and O–H groups in total. The predicted octanol–water partition coefficient (Wildman–Crippen LogP) is 4.46. The average Bonchev–Trinajstić information content (AvgIpc) is 2.69. The van der Waals surface area contributed by atoms with E-state index in [0.717, 1.165) is 17.7 Å². The number of benzene rings is 2. The molecule has 1 amide bonds. The molecule has 0 saturated carbocycles. The van der Waals surface area contributed by atoms with Gasteiger partial charge in [0.2, 0.25) is 0 Å². The molecule has 3 rings (SSSR count). The molecule has 0 atom stereocenters. The van der Waals surface area contributed by atoms with Gasteiger partial charge in [0.1, 0.15) is 0 Å². The van der Waals surface area contributed by atoms with Crippen molar-refractivity contribution in [3.63, 3.8) is 0 Å². The van der Waals surface area contributed by atoms with E-state index in [1.165, 1.54) is 36.5 Å². The molecule has 0 saturated heterocycles. The SMILES string of the molecule is Cc1ccncc1NC(=O)c1ccc(S(=O)(=O)Nc2cccc(C(F)(F)F)c2)cc1. The van der Waals surface area contributed by atoms with Gasteiger partial charge >= 0.3 is 6.18 Å². The number of nitrogens with one attached hydrogen (secondary N) is 2. The first-order valence-electron chi connectivity index (χ1n) is 8.58. The Morgan fingerprint density at radius 3 is 2.37 bits per heavy atom.